The molecule has 0 unspecified atom stereocenters. The molecule has 0 radical (unpaired) electrons. The number of hydrogen-bond acceptors (Lipinski definition) is 4. The summed E-state index contributed by atoms with van der Waals surface area (Å²) in [4.78, 5) is 5.05. The van der Waals surface area contributed by atoms with Gasteiger partial charge in [0.1, 0.15) is 17.0 Å². The number of furan rings is 1. The van der Waals surface area contributed by atoms with Crippen molar-refractivity contribution in [1.82, 2.24) is 0 Å². The summed E-state index contributed by atoms with van der Waals surface area (Å²) in [5.74, 6) is 1.71. The Bertz CT molecular complexity index is 2990. The lowest BCUT2D eigenvalue weighted by Crippen LogP contribution is -2.61. The van der Waals surface area contributed by atoms with E-state index in [4.69, 9.17) is 9.15 Å². The molecule has 0 fully saturated rings. The molecule has 56 heavy (non-hydrogen) atoms. The van der Waals surface area contributed by atoms with Gasteiger partial charge in [0, 0.05) is 27.6 Å². The lowest BCUT2D eigenvalue weighted by molar-refractivity contribution is 0.478. The quantitative estimate of drug-likeness (QED) is 0.166. The first kappa shape index (κ1) is 31.9. The standard InChI is InChI=1S/C51H39BN2O2/c1-50(2,3)31-26-27-38(35(28-31)30-16-7-6-8-17-30)53-40-29-37-44(32-18-9-11-21-36(32)51(37,4)5)45-34-20-15-25-43-47(34)54(39-22-12-14-24-42(39)55-43)52(46(40)45)49-48(53)33-19-10-13-23-41(33)56-49/h6-29H,1-5H3. The van der Waals surface area contributed by atoms with Gasteiger partial charge in [-0.15, -0.1) is 0 Å². The maximum atomic E-state index is 7.25. The monoisotopic (exact) mass is 722 g/mol. The van der Waals surface area contributed by atoms with Crippen LogP contribution >= 0.6 is 0 Å². The SMILES string of the molecule is CC(C)(C)c1ccc(N2c3cc4c(c5c3B(c3oc6ccccc6c32)N2c3ccccc3Oc3cccc-5c32)-c2ccccc2C4(C)C)c(-c2ccccc2)c1. The molecule has 8 aromatic rings. The zero-order valence-corrected chi connectivity index (χ0v) is 32.1. The van der Waals surface area contributed by atoms with Crippen molar-refractivity contribution in [1.29, 1.82) is 0 Å². The molecule has 268 valence electrons. The van der Waals surface area contributed by atoms with Gasteiger partial charge in [0.15, 0.2) is 5.75 Å². The van der Waals surface area contributed by atoms with E-state index in [2.05, 4.69) is 190 Å². The molecule has 0 N–H and O–H groups in total. The summed E-state index contributed by atoms with van der Waals surface area (Å²) in [6.07, 6.45) is 0. The van der Waals surface area contributed by atoms with E-state index in [1.54, 1.807) is 0 Å². The van der Waals surface area contributed by atoms with Crippen molar-refractivity contribution >= 4 is 57.4 Å². The third-order valence-corrected chi connectivity index (χ3v) is 12.8. The first-order valence-corrected chi connectivity index (χ1v) is 19.7. The molecule has 4 nitrogen and oxygen atoms in total. The Morgan fingerprint density at radius 1 is 0.571 bits per heavy atom. The van der Waals surface area contributed by atoms with Gasteiger partial charge >= 0.3 is 6.85 Å². The van der Waals surface area contributed by atoms with Gasteiger partial charge in [0.05, 0.1) is 22.7 Å². The molecule has 1 aromatic heterocycles. The Labute approximate surface area is 327 Å². The number of rotatable bonds is 2. The molecule has 0 amide bonds. The number of benzene rings is 7. The minimum absolute atomic E-state index is 0.0315. The van der Waals surface area contributed by atoms with Crippen LogP contribution in [0.15, 0.2) is 150 Å². The summed E-state index contributed by atoms with van der Waals surface area (Å²) >= 11 is 0. The average molecular weight is 723 g/mol. The molecular formula is C51H39BN2O2. The fourth-order valence-electron chi connectivity index (χ4n) is 10.2. The van der Waals surface area contributed by atoms with Crippen molar-refractivity contribution in [2.24, 2.45) is 0 Å². The highest BCUT2D eigenvalue weighted by Gasteiger charge is 2.53. The molecule has 7 aromatic carbocycles. The van der Waals surface area contributed by atoms with Crippen LogP contribution in [0.1, 0.15) is 51.3 Å². The number of fused-ring (bicyclic) bond motifs is 12. The first-order chi connectivity index (χ1) is 27.2. The van der Waals surface area contributed by atoms with E-state index in [9.17, 15) is 0 Å². The summed E-state index contributed by atoms with van der Waals surface area (Å²) in [5.41, 5.74) is 19.8. The highest BCUT2D eigenvalue weighted by molar-refractivity contribution is 6.93. The van der Waals surface area contributed by atoms with Crippen LogP contribution in [0, 0.1) is 0 Å². The van der Waals surface area contributed by atoms with Gasteiger partial charge in [0.25, 0.3) is 0 Å². The fourth-order valence-corrected chi connectivity index (χ4v) is 10.2. The second kappa shape index (κ2) is 10.9. The molecule has 0 saturated carbocycles. The molecular weight excluding hydrogens is 683 g/mol. The molecule has 0 atom stereocenters. The Morgan fingerprint density at radius 3 is 2.16 bits per heavy atom. The summed E-state index contributed by atoms with van der Waals surface area (Å²) in [5, 5.41) is 1.09. The largest absolute Gasteiger partial charge is 0.466 e. The molecule has 1 aliphatic carbocycles. The van der Waals surface area contributed by atoms with Gasteiger partial charge in [-0.1, -0.05) is 132 Å². The van der Waals surface area contributed by atoms with Crippen LogP contribution in [0.25, 0.3) is 44.3 Å². The van der Waals surface area contributed by atoms with Gasteiger partial charge in [-0.05, 0) is 98.4 Å². The third kappa shape index (κ3) is 4.05. The molecule has 3 aliphatic heterocycles. The Hall–Kier alpha value is -6.46. The van der Waals surface area contributed by atoms with E-state index in [0.29, 0.717) is 0 Å². The predicted molar refractivity (Wildman–Crippen MR) is 232 cm³/mol. The predicted octanol–water partition coefficient (Wildman–Crippen LogP) is 12.5. The molecule has 0 bridgehead atoms. The highest BCUT2D eigenvalue weighted by atomic mass is 16.5. The summed E-state index contributed by atoms with van der Waals surface area (Å²) < 4.78 is 14.0. The zero-order chi connectivity index (χ0) is 37.7. The second-order valence-electron chi connectivity index (χ2n) is 17.3. The van der Waals surface area contributed by atoms with Crippen molar-refractivity contribution in [2.75, 3.05) is 9.71 Å². The van der Waals surface area contributed by atoms with Gasteiger partial charge in [-0.25, -0.2) is 0 Å². The molecule has 12 rings (SSSR count). The van der Waals surface area contributed by atoms with E-state index in [1.807, 2.05) is 0 Å². The van der Waals surface area contributed by atoms with Gasteiger partial charge < -0.3 is 18.9 Å². The van der Waals surface area contributed by atoms with Crippen LogP contribution in [-0.2, 0) is 10.8 Å². The second-order valence-corrected chi connectivity index (χ2v) is 17.3. The normalized spacial score (nSPS) is 15.1. The number of nitrogens with zero attached hydrogens (tertiary/aromatic N) is 2. The summed E-state index contributed by atoms with van der Waals surface area (Å²) in [6, 6.07) is 53.1. The highest BCUT2D eigenvalue weighted by Crippen LogP contribution is 2.61. The maximum Gasteiger partial charge on any atom is 0.376 e. The van der Waals surface area contributed by atoms with E-state index < -0.39 is 0 Å². The Kier molecular flexibility index (Phi) is 6.17. The van der Waals surface area contributed by atoms with E-state index in [1.165, 1.54) is 61.2 Å². The van der Waals surface area contributed by atoms with Crippen LogP contribution < -0.4 is 25.6 Å². The first-order valence-electron chi connectivity index (χ1n) is 19.7. The lowest BCUT2D eigenvalue weighted by Gasteiger charge is -2.47. The van der Waals surface area contributed by atoms with Crippen LogP contribution in [0.3, 0.4) is 0 Å². The third-order valence-electron chi connectivity index (χ3n) is 12.8. The van der Waals surface area contributed by atoms with Crippen molar-refractivity contribution in [3.63, 3.8) is 0 Å². The minimum Gasteiger partial charge on any atom is -0.466 e. The van der Waals surface area contributed by atoms with Crippen molar-refractivity contribution in [3.05, 3.63) is 162 Å². The maximum absolute atomic E-state index is 7.25. The molecule has 4 heterocycles. The van der Waals surface area contributed by atoms with Crippen molar-refractivity contribution in [2.45, 2.75) is 45.4 Å². The number of hydrogen-bond donors (Lipinski definition) is 0. The minimum atomic E-state index is -0.257. The van der Waals surface area contributed by atoms with Crippen LogP contribution in [0.5, 0.6) is 11.5 Å². The van der Waals surface area contributed by atoms with Crippen LogP contribution in [0.2, 0.25) is 0 Å². The smallest absolute Gasteiger partial charge is 0.376 e. The molecule has 0 saturated heterocycles. The molecule has 5 heteroatoms. The summed E-state index contributed by atoms with van der Waals surface area (Å²) in [7, 11) is 0. The topological polar surface area (TPSA) is 28.9 Å². The van der Waals surface area contributed by atoms with Crippen LogP contribution in [0.4, 0.5) is 28.4 Å². The van der Waals surface area contributed by atoms with E-state index in [-0.39, 0.29) is 17.7 Å². The molecule has 0 spiro atoms. The van der Waals surface area contributed by atoms with Crippen molar-refractivity contribution in [3.8, 4) is 44.9 Å². The number of para-hydroxylation sites is 4. The van der Waals surface area contributed by atoms with Gasteiger partial charge in [-0.2, -0.15) is 0 Å². The Morgan fingerprint density at radius 2 is 1.30 bits per heavy atom. The zero-order valence-electron chi connectivity index (χ0n) is 32.1. The van der Waals surface area contributed by atoms with E-state index >= 15 is 0 Å². The lowest BCUT2D eigenvalue weighted by atomic mass is 9.45. The summed E-state index contributed by atoms with van der Waals surface area (Å²) in [6.45, 7) is 11.4. The van der Waals surface area contributed by atoms with Crippen molar-refractivity contribution < 1.29 is 9.15 Å². The van der Waals surface area contributed by atoms with Crippen LogP contribution in [-0.4, -0.2) is 6.85 Å². The number of anilines is 5. The van der Waals surface area contributed by atoms with Gasteiger partial charge in [-0.3, -0.25) is 0 Å². The Balaban J connectivity index is 1.28. The molecule has 4 aliphatic rings. The number of ether oxygens (including phenoxy) is 1. The van der Waals surface area contributed by atoms with E-state index in [0.717, 1.165) is 50.9 Å². The average Bonchev–Trinajstić information content (AvgIpc) is 3.70. The van der Waals surface area contributed by atoms with Gasteiger partial charge in [0.2, 0.25) is 0 Å². The fraction of sp³-hybridized carbons (Fsp3) is 0.137.